The summed E-state index contributed by atoms with van der Waals surface area (Å²) in [6.45, 7) is 4.02. The molecule has 172 valence electrons. The molecular formula is C25H26N8O. The quantitative estimate of drug-likeness (QED) is 0.538. The van der Waals surface area contributed by atoms with Gasteiger partial charge in [-0.05, 0) is 62.2 Å². The monoisotopic (exact) mass is 454 g/mol. The van der Waals surface area contributed by atoms with Gasteiger partial charge < -0.3 is 15.3 Å². The Hall–Kier alpha value is -4.16. The van der Waals surface area contributed by atoms with E-state index in [9.17, 15) is 10.4 Å². The van der Waals surface area contributed by atoms with Gasteiger partial charge in [-0.25, -0.2) is 15.0 Å². The van der Waals surface area contributed by atoms with Crippen molar-refractivity contribution in [2.45, 2.75) is 25.9 Å². The van der Waals surface area contributed by atoms with Crippen LogP contribution in [-0.2, 0) is 0 Å². The fraction of sp³-hybridized carbons (Fsp3) is 0.280. The number of hydrogen-bond donors (Lipinski definition) is 3. The summed E-state index contributed by atoms with van der Waals surface area (Å²) < 4.78 is 0. The van der Waals surface area contributed by atoms with Gasteiger partial charge in [-0.2, -0.15) is 5.26 Å². The van der Waals surface area contributed by atoms with E-state index in [1.54, 1.807) is 6.20 Å². The minimum atomic E-state index is -0.251. The topological polar surface area (TPSA) is 113 Å². The van der Waals surface area contributed by atoms with Gasteiger partial charge in [-0.1, -0.05) is 6.07 Å². The van der Waals surface area contributed by atoms with Crippen LogP contribution in [0.5, 0.6) is 0 Å². The molecule has 0 aliphatic carbocycles. The van der Waals surface area contributed by atoms with Gasteiger partial charge in [0, 0.05) is 30.5 Å². The molecule has 9 heteroatoms. The van der Waals surface area contributed by atoms with Gasteiger partial charge >= 0.3 is 0 Å². The smallest absolute Gasteiger partial charge is 0.227 e. The molecule has 3 aromatic rings. The number of nitriles is 1. The van der Waals surface area contributed by atoms with Gasteiger partial charge in [0.1, 0.15) is 18.6 Å². The third-order valence-corrected chi connectivity index (χ3v) is 6.05. The Labute approximate surface area is 198 Å². The fourth-order valence-corrected chi connectivity index (χ4v) is 4.19. The number of rotatable bonds is 5. The molecule has 2 aliphatic heterocycles. The molecule has 34 heavy (non-hydrogen) atoms. The summed E-state index contributed by atoms with van der Waals surface area (Å²) in [6, 6.07) is 17.9. The second-order valence-corrected chi connectivity index (χ2v) is 8.42. The van der Waals surface area contributed by atoms with Crippen LogP contribution in [0, 0.1) is 11.3 Å². The van der Waals surface area contributed by atoms with Crippen molar-refractivity contribution in [1.29, 1.82) is 5.26 Å². The first-order valence-electron chi connectivity index (χ1n) is 11.3. The highest BCUT2D eigenvalue weighted by Crippen LogP contribution is 2.29. The van der Waals surface area contributed by atoms with Crippen LogP contribution in [0.1, 0.15) is 25.3 Å². The summed E-state index contributed by atoms with van der Waals surface area (Å²) in [7, 11) is 0. The Morgan fingerprint density at radius 3 is 2.62 bits per heavy atom. The van der Waals surface area contributed by atoms with Gasteiger partial charge in [-0.15, -0.1) is 0 Å². The lowest BCUT2D eigenvalue weighted by Gasteiger charge is -2.32. The maximum absolute atomic E-state index is 9.78. The van der Waals surface area contributed by atoms with Crippen molar-refractivity contribution in [3.8, 4) is 17.3 Å². The highest BCUT2D eigenvalue weighted by molar-refractivity contribution is 5.83. The third kappa shape index (κ3) is 4.63. The van der Waals surface area contributed by atoms with Crippen LogP contribution >= 0.6 is 0 Å². The van der Waals surface area contributed by atoms with E-state index in [1.165, 1.54) is 0 Å². The Morgan fingerprint density at radius 1 is 1.12 bits per heavy atom. The Balaban J connectivity index is 1.31. The molecule has 2 aliphatic rings. The number of aromatic nitrogens is 2. The number of piperidine rings is 1. The predicted octanol–water partition coefficient (Wildman–Crippen LogP) is 3.42. The second kappa shape index (κ2) is 9.37. The Kier molecular flexibility index (Phi) is 5.97. The standard InChI is InChI=1S/C25H26N8O/c1-17-28-16-33(31-17)21-5-3-20(4-6-21)29-25-27-11-8-23(30-25)18-2-7-24(19(14-18)15-26)32-12-9-22(34)10-13-32/h2-8,11,14,22,34H,9-10,12-13,16H2,1H3,(H,28,31)(H,27,29,30). The average molecular weight is 455 g/mol. The first-order chi connectivity index (χ1) is 16.6. The molecule has 1 aromatic heterocycles. The predicted molar refractivity (Wildman–Crippen MR) is 133 cm³/mol. The van der Waals surface area contributed by atoms with E-state index < -0.39 is 0 Å². The lowest BCUT2D eigenvalue weighted by Crippen LogP contribution is -2.36. The average Bonchev–Trinajstić information content (AvgIpc) is 3.31. The zero-order chi connectivity index (χ0) is 23.5. The summed E-state index contributed by atoms with van der Waals surface area (Å²) in [5.41, 5.74) is 8.19. The van der Waals surface area contributed by atoms with E-state index >= 15 is 0 Å². The van der Waals surface area contributed by atoms with Crippen LogP contribution in [0.25, 0.3) is 11.3 Å². The molecule has 0 amide bonds. The van der Waals surface area contributed by atoms with E-state index in [1.807, 2.05) is 60.5 Å². The first-order valence-corrected chi connectivity index (χ1v) is 11.3. The van der Waals surface area contributed by atoms with Crippen LogP contribution in [0.15, 0.2) is 59.7 Å². The summed E-state index contributed by atoms with van der Waals surface area (Å²) in [5, 5.41) is 24.7. The SMILES string of the molecule is CC1=NCN(c2ccc(Nc3nccc(-c4ccc(N5CCC(O)CC5)c(C#N)c4)n3)cc2)N1. The number of benzene rings is 2. The molecule has 0 atom stereocenters. The van der Waals surface area contributed by atoms with Gasteiger partial charge in [0.05, 0.1) is 28.7 Å². The van der Waals surface area contributed by atoms with Gasteiger partial charge in [0.25, 0.3) is 0 Å². The van der Waals surface area contributed by atoms with Gasteiger partial charge in [0.2, 0.25) is 5.95 Å². The summed E-state index contributed by atoms with van der Waals surface area (Å²) >= 11 is 0. The van der Waals surface area contributed by atoms with Crippen molar-refractivity contribution in [3.63, 3.8) is 0 Å². The van der Waals surface area contributed by atoms with E-state index in [0.29, 0.717) is 18.2 Å². The van der Waals surface area contributed by atoms with Gasteiger partial charge in [0.15, 0.2) is 0 Å². The van der Waals surface area contributed by atoms with Crippen LogP contribution in [0.3, 0.4) is 0 Å². The van der Waals surface area contributed by atoms with Crippen LogP contribution in [0.4, 0.5) is 23.0 Å². The molecule has 0 bridgehead atoms. The largest absolute Gasteiger partial charge is 0.393 e. The zero-order valence-corrected chi connectivity index (χ0v) is 18.9. The molecule has 0 unspecified atom stereocenters. The molecular weight excluding hydrogens is 428 g/mol. The van der Waals surface area contributed by atoms with E-state index in [-0.39, 0.29) is 6.10 Å². The van der Waals surface area contributed by atoms with E-state index in [2.05, 4.69) is 36.7 Å². The lowest BCUT2D eigenvalue weighted by atomic mass is 10.0. The second-order valence-electron chi connectivity index (χ2n) is 8.42. The number of anilines is 4. The number of aliphatic hydroxyl groups excluding tert-OH is 1. The van der Waals surface area contributed by atoms with E-state index in [0.717, 1.165) is 60.1 Å². The molecule has 0 spiro atoms. The Bertz CT molecular complexity index is 1240. The summed E-state index contributed by atoms with van der Waals surface area (Å²) in [5.74, 6) is 1.38. The van der Waals surface area contributed by atoms with Crippen molar-refractivity contribution in [2.75, 3.05) is 35.0 Å². The van der Waals surface area contributed by atoms with Crippen molar-refractivity contribution < 1.29 is 5.11 Å². The molecule has 5 rings (SSSR count). The summed E-state index contributed by atoms with van der Waals surface area (Å²) in [6.07, 6.45) is 2.89. The molecule has 2 aromatic carbocycles. The number of aliphatic hydroxyl groups is 1. The lowest BCUT2D eigenvalue weighted by molar-refractivity contribution is 0.145. The number of nitrogens with one attached hydrogen (secondary N) is 2. The number of hydrazine groups is 1. The maximum Gasteiger partial charge on any atom is 0.227 e. The van der Waals surface area contributed by atoms with Crippen LogP contribution in [-0.4, -0.2) is 46.8 Å². The molecule has 3 heterocycles. The highest BCUT2D eigenvalue weighted by Gasteiger charge is 2.20. The maximum atomic E-state index is 9.78. The molecule has 1 fully saturated rings. The fourth-order valence-electron chi connectivity index (χ4n) is 4.19. The number of hydrogen-bond acceptors (Lipinski definition) is 9. The highest BCUT2D eigenvalue weighted by atomic mass is 16.3. The van der Waals surface area contributed by atoms with Crippen LogP contribution < -0.4 is 20.7 Å². The summed E-state index contributed by atoms with van der Waals surface area (Å²) in [4.78, 5) is 15.5. The normalized spacial score (nSPS) is 16.1. The molecule has 0 saturated carbocycles. The first kappa shape index (κ1) is 21.7. The van der Waals surface area contributed by atoms with Crippen molar-refractivity contribution >= 4 is 28.8 Å². The zero-order valence-electron chi connectivity index (χ0n) is 18.9. The molecule has 0 radical (unpaired) electrons. The van der Waals surface area contributed by atoms with Crippen LogP contribution in [0.2, 0.25) is 0 Å². The van der Waals surface area contributed by atoms with Crippen molar-refractivity contribution in [2.24, 2.45) is 4.99 Å². The van der Waals surface area contributed by atoms with Crippen molar-refractivity contribution in [1.82, 2.24) is 15.4 Å². The number of amidine groups is 1. The van der Waals surface area contributed by atoms with Crippen molar-refractivity contribution in [3.05, 3.63) is 60.3 Å². The minimum absolute atomic E-state index is 0.251. The van der Waals surface area contributed by atoms with E-state index in [4.69, 9.17) is 0 Å². The molecule has 1 saturated heterocycles. The molecule has 3 N–H and O–H groups in total. The minimum Gasteiger partial charge on any atom is -0.393 e. The molecule has 9 nitrogen and oxygen atoms in total. The number of nitrogens with zero attached hydrogens (tertiary/aromatic N) is 6. The third-order valence-electron chi connectivity index (χ3n) is 6.05. The van der Waals surface area contributed by atoms with Gasteiger partial charge in [-0.3, -0.25) is 10.4 Å². The number of aliphatic imine (C=N–C) groups is 1. The Morgan fingerprint density at radius 2 is 1.91 bits per heavy atom.